The normalized spacial score (nSPS) is 13.1. The molecule has 1 rings (SSSR count). The molecule has 1 aromatic rings. The largest absolute Gasteiger partial charge is 0.390 e. The average Bonchev–Trinajstić information content (AvgIpc) is 2.74. The van der Waals surface area contributed by atoms with Crippen LogP contribution in [0.5, 0.6) is 0 Å². The lowest BCUT2D eigenvalue weighted by Crippen LogP contribution is -2.30. The maximum atomic E-state index is 12.3. The molecule has 4 nitrogen and oxygen atoms in total. The Morgan fingerprint density at radius 3 is 2.52 bits per heavy atom. The molecule has 0 radical (unpaired) electrons. The molecule has 0 unspecified atom stereocenters. The number of aryl methyl sites for hydroxylation is 1. The average molecular weight is 344 g/mol. The first-order valence-corrected chi connectivity index (χ1v) is 8.66. The number of sulfonamides is 1. The van der Waals surface area contributed by atoms with Crippen molar-refractivity contribution in [2.24, 2.45) is 0 Å². The van der Waals surface area contributed by atoms with Crippen LogP contribution in [0.15, 0.2) is 11.0 Å². The van der Waals surface area contributed by atoms with Crippen LogP contribution in [0.2, 0.25) is 0 Å². The smallest absolute Gasteiger partial charge is 0.312 e. The molecule has 1 heterocycles. The Bertz CT molecular complexity index is 568. The van der Waals surface area contributed by atoms with Gasteiger partial charge < -0.3 is 5.32 Å². The second-order valence-corrected chi connectivity index (χ2v) is 7.96. The van der Waals surface area contributed by atoms with E-state index in [1.807, 2.05) is 6.92 Å². The van der Waals surface area contributed by atoms with Gasteiger partial charge in [0.15, 0.2) is 0 Å². The first-order valence-electron chi connectivity index (χ1n) is 6.41. The van der Waals surface area contributed by atoms with E-state index in [2.05, 4.69) is 5.32 Å². The monoisotopic (exact) mass is 344 g/mol. The second kappa shape index (κ2) is 7.08. The molecule has 1 aromatic heterocycles. The van der Waals surface area contributed by atoms with Crippen LogP contribution in [-0.2, 0) is 16.6 Å². The van der Waals surface area contributed by atoms with E-state index in [1.165, 1.54) is 24.5 Å². The minimum Gasteiger partial charge on any atom is -0.312 e. The lowest BCUT2D eigenvalue weighted by molar-refractivity contribution is -0.135. The molecule has 0 saturated heterocycles. The number of thiophene rings is 1. The van der Waals surface area contributed by atoms with Gasteiger partial charge >= 0.3 is 6.18 Å². The summed E-state index contributed by atoms with van der Waals surface area (Å²) in [6.45, 7) is 4.31. The van der Waals surface area contributed by atoms with Crippen molar-refractivity contribution < 1.29 is 21.6 Å². The van der Waals surface area contributed by atoms with Crippen LogP contribution in [0.4, 0.5) is 13.2 Å². The Balaban J connectivity index is 2.89. The zero-order valence-corrected chi connectivity index (χ0v) is 13.8. The highest BCUT2D eigenvalue weighted by molar-refractivity contribution is 7.89. The van der Waals surface area contributed by atoms with Crippen molar-refractivity contribution >= 4 is 21.4 Å². The first kappa shape index (κ1) is 18.4. The Labute approximate surface area is 127 Å². The van der Waals surface area contributed by atoms with Gasteiger partial charge in [-0.1, -0.05) is 6.92 Å². The van der Waals surface area contributed by atoms with Gasteiger partial charge in [0, 0.05) is 29.9 Å². The number of nitrogens with one attached hydrogen (secondary N) is 1. The summed E-state index contributed by atoms with van der Waals surface area (Å²) in [6.07, 6.45) is -5.53. The highest BCUT2D eigenvalue weighted by Crippen LogP contribution is 2.28. The first-order chi connectivity index (χ1) is 9.58. The van der Waals surface area contributed by atoms with E-state index >= 15 is 0 Å². The van der Waals surface area contributed by atoms with Crippen LogP contribution >= 0.6 is 11.3 Å². The lowest BCUT2D eigenvalue weighted by atomic mass is 10.4. The maximum Gasteiger partial charge on any atom is 0.390 e. The Morgan fingerprint density at radius 2 is 2.00 bits per heavy atom. The standard InChI is InChI=1S/C12H19F3N2O2S2/c1-4-16-8-10-7-11(9(2)20-10)21(18,19)17(3)6-5-12(13,14)15/h7,16H,4-6,8H2,1-3H3. The van der Waals surface area contributed by atoms with Crippen LogP contribution in [0.1, 0.15) is 23.1 Å². The Hall–Kier alpha value is -0.640. The molecule has 9 heteroatoms. The van der Waals surface area contributed by atoms with Crippen molar-refractivity contribution in [3.05, 3.63) is 15.8 Å². The molecule has 0 fully saturated rings. The summed E-state index contributed by atoms with van der Waals surface area (Å²) in [4.78, 5) is 1.52. The summed E-state index contributed by atoms with van der Waals surface area (Å²) in [5, 5.41) is 3.08. The van der Waals surface area contributed by atoms with Gasteiger partial charge in [-0.05, 0) is 19.5 Å². The summed E-state index contributed by atoms with van der Waals surface area (Å²) < 4.78 is 62.0. The molecule has 122 valence electrons. The fraction of sp³-hybridized carbons (Fsp3) is 0.667. The van der Waals surface area contributed by atoms with Gasteiger partial charge in [-0.15, -0.1) is 11.3 Å². The lowest BCUT2D eigenvalue weighted by Gasteiger charge is -2.17. The highest BCUT2D eigenvalue weighted by atomic mass is 32.2. The number of alkyl halides is 3. The van der Waals surface area contributed by atoms with Crippen molar-refractivity contribution in [2.45, 2.75) is 37.9 Å². The Kier molecular flexibility index (Phi) is 6.21. The second-order valence-electron chi connectivity index (χ2n) is 4.61. The van der Waals surface area contributed by atoms with Crippen molar-refractivity contribution in [1.29, 1.82) is 0 Å². The van der Waals surface area contributed by atoms with Gasteiger partial charge in [0.25, 0.3) is 0 Å². The fourth-order valence-electron chi connectivity index (χ4n) is 1.69. The number of hydrogen-bond donors (Lipinski definition) is 1. The molecule has 0 atom stereocenters. The maximum absolute atomic E-state index is 12.3. The molecule has 0 amide bonds. The van der Waals surface area contributed by atoms with Gasteiger partial charge in [0.1, 0.15) is 0 Å². The van der Waals surface area contributed by atoms with E-state index in [1.54, 1.807) is 6.92 Å². The molecule has 0 aliphatic heterocycles. The third-order valence-electron chi connectivity index (χ3n) is 2.87. The van der Waals surface area contributed by atoms with Crippen LogP contribution in [0.3, 0.4) is 0 Å². The molecule has 0 saturated carbocycles. The van der Waals surface area contributed by atoms with Gasteiger partial charge in [-0.25, -0.2) is 12.7 Å². The summed E-state index contributed by atoms with van der Waals surface area (Å²) in [6, 6.07) is 1.53. The van der Waals surface area contributed by atoms with Gasteiger partial charge in [0.2, 0.25) is 10.0 Å². The molecular formula is C12H19F3N2O2S2. The minimum absolute atomic E-state index is 0.0880. The molecule has 21 heavy (non-hydrogen) atoms. The predicted octanol–water partition coefficient (Wildman–Crippen LogP) is 2.74. The number of hydrogen-bond acceptors (Lipinski definition) is 4. The Morgan fingerprint density at radius 1 is 1.38 bits per heavy atom. The van der Waals surface area contributed by atoms with Gasteiger partial charge in [-0.3, -0.25) is 0 Å². The molecule has 0 aliphatic rings. The molecule has 0 aromatic carbocycles. The number of rotatable bonds is 7. The van der Waals surface area contributed by atoms with Gasteiger partial charge in [0.05, 0.1) is 11.3 Å². The van der Waals surface area contributed by atoms with Crippen LogP contribution in [0.25, 0.3) is 0 Å². The summed E-state index contributed by atoms with van der Waals surface area (Å²) in [5.74, 6) is 0. The quantitative estimate of drug-likeness (QED) is 0.827. The zero-order chi connectivity index (χ0) is 16.3. The van der Waals surface area contributed by atoms with E-state index in [0.29, 0.717) is 11.4 Å². The minimum atomic E-state index is -4.37. The summed E-state index contributed by atoms with van der Waals surface area (Å²) in [7, 11) is -2.71. The van der Waals surface area contributed by atoms with Crippen molar-refractivity contribution in [2.75, 3.05) is 20.1 Å². The molecule has 1 N–H and O–H groups in total. The third-order valence-corrected chi connectivity index (χ3v) is 6.03. The topological polar surface area (TPSA) is 49.4 Å². The van der Waals surface area contributed by atoms with Crippen LogP contribution < -0.4 is 5.32 Å². The van der Waals surface area contributed by atoms with E-state index in [4.69, 9.17) is 0 Å². The predicted molar refractivity (Wildman–Crippen MR) is 76.9 cm³/mol. The zero-order valence-electron chi connectivity index (χ0n) is 12.1. The molecule has 0 bridgehead atoms. The number of nitrogens with zero attached hydrogens (tertiary/aromatic N) is 1. The summed E-state index contributed by atoms with van der Waals surface area (Å²) in [5.41, 5.74) is 0. The van der Waals surface area contributed by atoms with Crippen LogP contribution in [0, 0.1) is 6.92 Å². The van der Waals surface area contributed by atoms with E-state index in [0.717, 1.165) is 15.7 Å². The van der Waals surface area contributed by atoms with Crippen molar-refractivity contribution in [3.8, 4) is 0 Å². The van der Waals surface area contributed by atoms with E-state index < -0.39 is 29.2 Å². The van der Waals surface area contributed by atoms with Crippen molar-refractivity contribution in [1.82, 2.24) is 9.62 Å². The molecule has 0 spiro atoms. The molecule has 0 aliphatic carbocycles. The summed E-state index contributed by atoms with van der Waals surface area (Å²) >= 11 is 1.33. The third kappa shape index (κ3) is 5.24. The van der Waals surface area contributed by atoms with E-state index in [9.17, 15) is 21.6 Å². The number of halogens is 3. The van der Waals surface area contributed by atoms with Crippen molar-refractivity contribution in [3.63, 3.8) is 0 Å². The van der Waals surface area contributed by atoms with Crippen LogP contribution in [-0.4, -0.2) is 39.0 Å². The fourth-order valence-corrected chi connectivity index (χ4v) is 4.43. The highest BCUT2D eigenvalue weighted by Gasteiger charge is 2.31. The SMILES string of the molecule is CCNCc1cc(S(=O)(=O)N(C)CCC(F)(F)F)c(C)s1. The van der Waals surface area contributed by atoms with Gasteiger partial charge in [-0.2, -0.15) is 13.2 Å². The molecular weight excluding hydrogens is 325 g/mol. The van der Waals surface area contributed by atoms with E-state index in [-0.39, 0.29) is 4.90 Å².